The summed E-state index contributed by atoms with van der Waals surface area (Å²) in [5.41, 5.74) is 2.93. The summed E-state index contributed by atoms with van der Waals surface area (Å²) in [6.45, 7) is 5.79. The number of nitrogens with one attached hydrogen (secondary N) is 1. The van der Waals surface area contributed by atoms with Crippen molar-refractivity contribution in [3.8, 4) is 17.5 Å². The lowest BCUT2D eigenvalue weighted by atomic mass is 10.1. The number of amides is 1. The second-order valence-corrected chi connectivity index (χ2v) is 8.25. The predicted octanol–water partition coefficient (Wildman–Crippen LogP) is 3.31. The number of rotatable bonds is 6. The van der Waals surface area contributed by atoms with Crippen LogP contribution in [-0.2, 0) is 0 Å². The molecule has 3 aromatic rings. The Bertz CT molecular complexity index is 1220. The van der Waals surface area contributed by atoms with Crippen LogP contribution in [0.5, 0.6) is 5.75 Å². The smallest absolute Gasteiger partial charge is 0.406 e. The fourth-order valence-electron chi connectivity index (χ4n) is 4.14. The quantitative estimate of drug-likeness (QED) is 0.560. The Balaban J connectivity index is 1.42. The molecule has 1 saturated heterocycles. The van der Waals surface area contributed by atoms with Crippen molar-refractivity contribution in [3.05, 3.63) is 65.7 Å². The topological polar surface area (TPSA) is 107 Å². The van der Waals surface area contributed by atoms with E-state index in [9.17, 15) is 19.6 Å². The van der Waals surface area contributed by atoms with Crippen molar-refractivity contribution in [2.75, 3.05) is 49.5 Å². The molecule has 0 radical (unpaired) electrons. The third-order valence-electron chi connectivity index (χ3n) is 5.95. The second-order valence-electron chi connectivity index (χ2n) is 8.25. The Labute approximate surface area is 202 Å². The first kappa shape index (κ1) is 24.2. The lowest BCUT2D eigenvalue weighted by Crippen LogP contribution is -2.32. The summed E-state index contributed by atoms with van der Waals surface area (Å²) in [5, 5.41) is 25.8. The number of carbonyl (C=O) groups excluding carboxylic acids is 1. The fraction of sp³-hybridized carbons (Fsp3) is 0.320. The summed E-state index contributed by atoms with van der Waals surface area (Å²) >= 11 is 0. The van der Waals surface area contributed by atoms with E-state index in [2.05, 4.69) is 26.3 Å². The molecule has 182 valence electrons. The number of ether oxygens (including phenoxy) is 1. The van der Waals surface area contributed by atoms with Crippen molar-refractivity contribution in [1.29, 1.82) is 5.26 Å². The van der Waals surface area contributed by atoms with Crippen molar-refractivity contribution in [1.82, 2.24) is 14.7 Å². The average Bonchev–Trinajstić information content (AvgIpc) is 3.05. The molecule has 4 rings (SSSR count). The molecule has 0 bridgehead atoms. The summed E-state index contributed by atoms with van der Waals surface area (Å²) in [6.07, 6.45) is 1.64. The third-order valence-corrected chi connectivity index (χ3v) is 5.95. The number of nitriles is 1. The molecule has 1 aliphatic rings. The lowest BCUT2D eigenvalue weighted by molar-refractivity contribution is 0.204. The molecule has 1 aliphatic heterocycles. The van der Waals surface area contributed by atoms with Crippen LogP contribution in [0.25, 0.3) is 5.69 Å². The number of aliphatic hydroxyl groups excluding tert-OH is 1. The largest absolute Gasteiger partial charge is 0.417 e. The van der Waals surface area contributed by atoms with Gasteiger partial charge in [-0.3, -0.25) is 10.2 Å². The number of hydrogen-bond acceptors (Lipinski definition) is 7. The summed E-state index contributed by atoms with van der Waals surface area (Å²) in [7, 11) is 0. The first-order valence-electron chi connectivity index (χ1n) is 11.4. The van der Waals surface area contributed by atoms with Gasteiger partial charge in [-0.2, -0.15) is 10.4 Å². The molecule has 1 aromatic heterocycles. The van der Waals surface area contributed by atoms with Gasteiger partial charge in [0.05, 0.1) is 35.4 Å². The summed E-state index contributed by atoms with van der Waals surface area (Å²) in [6, 6.07) is 13.2. The van der Waals surface area contributed by atoms with Gasteiger partial charge >= 0.3 is 6.09 Å². The molecule has 2 heterocycles. The monoisotopic (exact) mass is 478 g/mol. The fourth-order valence-corrected chi connectivity index (χ4v) is 4.14. The van der Waals surface area contributed by atoms with Gasteiger partial charge in [0.15, 0.2) is 5.75 Å². The normalized spacial score (nSPS) is 14.3. The van der Waals surface area contributed by atoms with Crippen molar-refractivity contribution in [2.45, 2.75) is 13.3 Å². The van der Waals surface area contributed by atoms with E-state index in [1.54, 1.807) is 35.9 Å². The van der Waals surface area contributed by atoms with Gasteiger partial charge in [-0.05, 0) is 62.4 Å². The number of anilines is 2. The molecule has 0 atom stereocenters. The van der Waals surface area contributed by atoms with Gasteiger partial charge in [-0.25, -0.2) is 13.9 Å². The molecule has 0 saturated carbocycles. The Morgan fingerprint density at radius 2 is 2.00 bits per heavy atom. The maximum Gasteiger partial charge on any atom is 0.417 e. The van der Waals surface area contributed by atoms with Crippen LogP contribution in [0, 0.1) is 24.1 Å². The standard InChI is InChI=1S/C25H27FN6O3/c1-18-24(17-28-32(18)22-6-3-20(26)4-7-22)35-25(34)29-21-5-8-23(19(15-21)16-27)31-10-2-9-30(11-12-31)13-14-33/h3-8,15,17,33H,2,9-14H2,1H3,(H,29,34). The highest BCUT2D eigenvalue weighted by Crippen LogP contribution is 2.26. The van der Waals surface area contributed by atoms with E-state index in [1.165, 1.54) is 18.3 Å². The van der Waals surface area contributed by atoms with Gasteiger partial charge in [0.25, 0.3) is 0 Å². The molecule has 10 heteroatoms. The van der Waals surface area contributed by atoms with Crippen molar-refractivity contribution >= 4 is 17.5 Å². The van der Waals surface area contributed by atoms with E-state index in [0.29, 0.717) is 29.2 Å². The van der Waals surface area contributed by atoms with Crippen molar-refractivity contribution in [3.63, 3.8) is 0 Å². The van der Waals surface area contributed by atoms with E-state index in [4.69, 9.17) is 4.74 Å². The Hall–Kier alpha value is -3.94. The van der Waals surface area contributed by atoms with Gasteiger partial charge in [0, 0.05) is 31.9 Å². The zero-order valence-electron chi connectivity index (χ0n) is 19.4. The van der Waals surface area contributed by atoms with Crippen LogP contribution in [0.4, 0.5) is 20.6 Å². The van der Waals surface area contributed by atoms with Crippen LogP contribution in [-0.4, -0.2) is 65.2 Å². The van der Waals surface area contributed by atoms with Gasteiger partial charge in [-0.1, -0.05) is 0 Å². The van der Waals surface area contributed by atoms with Crippen molar-refractivity contribution in [2.24, 2.45) is 0 Å². The van der Waals surface area contributed by atoms with Crippen molar-refractivity contribution < 1.29 is 19.0 Å². The number of β-amino-alcohol motifs (C(OH)–C–C–N with tert-alkyl or cyclic N) is 1. The zero-order chi connectivity index (χ0) is 24.8. The minimum atomic E-state index is -0.710. The van der Waals surface area contributed by atoms with Crippen LogP contribution in [0.15, 0.2) is 48.7 Å². The van der Waals surface area contributed by atoms with Crippen LogP contribution in [0.1, 0.15) is 17.7 Å². The molecule has 2 aromatic carbocycles. The van der Waals surface area contributed by atoms with E-state index in [1.807, 2.05) is 6.07 Å². The van der Waals surface area contributed by atoms with E-state index >= 15 is 0 Å². The average molecular weight is 479 g/mol. The van der Waals surface area contributed by atoms with Gasteiger partial charge < -0.3 is 14.7 Å². The summed E-state index contributed by atoms with van der Waals surface area (Å²) in [5.74, 6) is -0.0855. The molecule has 1 amide bonds. The lowest BCUT2D eigenvalue weighted by Gasteiger charge is -2.24. The van der Waals surface area contributed by atoms with E-state index < -0.39 is 6.09 Å². The van der Waals surface area contributed by atoms with Crippen LogP contribution in [0.2, 0.25) is 0 Å². The highest BCUT2D eigenvalue weighted by Gasteiger charge is 2.19. The van der Waals surface area contributed by atoms with E-state index in [-0.39, 0.29) is 18.2 Å². The van der Waals surface area contributed by atoms with Gasteiger partial charge in [-0.15, -0.1) is 0 Å². The maximum absolute atomic E-state index is 13.2. The Morgan fingerprint density at radius 3 is 2.74 bits per heavy atom. The molecule has 2 N–H and O–H groups in total. The molecule has 35 heavy (non-hydrogen) atoms. The maximum atomic E-state index is 13.2. The molecule has 9 nitrogen and oxygen atoms in total. The summed E-state index contributed by atoms with van der Waals surface area (Å²) in [4.78, 5) is 16.9. The predicted molar refractivity (Wildman–Crippen MR) is 129 cm³/mol. The number of benzene rings is 2. The third kappa shape index (κ3) is 5.77. The number of aromatic nitrogens is 2. The van der Waals surface area contributed by atoms with Crippen LogP contribution in [0.3, 0.4) is 0 Å². The molecule has 0 aliphatic carbocycles. The van der Waals surface area contributed by atoms with Crippen LogP contribution >= 0.6 is 0 Å². The molecule has 1 fully saturated rings. The molecular weight excluding hydrogens is 451 g/mol. The summed E-state index contributed by atoms with van der Waals surface area (Å²) < 4.78 is 20.2. The first-order valence-corrected chi connectivity index (χ1v) is 11.4. The second kappa shape index (κ2) is 11.0. The molecular formula is C25H27FN6O3. The van der Waals surface area contributed by atoms with E-state index in [0.717, 1.165) is 38.3 Å². The molecule has 0 spiro atoms. The Kier molecular flexibility index (Phi) is 7.60. The minimum absolute atomic E-state index is 0.131. The number of nitrogens with zero attached hydrogens (tertiary/aromatic N) is 5. The number of halogens is 1. The zero-order valence-corrected chi connectivity index (χ0v) is 19.4. The minimum Gasteiger partial charge on any atom is -0.406 e. The van der Waals surface area contributed by atoms with Gasteiger partial charge in [0.1, 0.15) is 11.9 Å². The highest BCUT2D eigenvalue weighted by molar-refractivity contribution is 5.87. The van der Waals surface area contributed by atoms with Crippen LogP contribution < -0.4 is 15.0 Å². The van der Waals surface area contributed by atoms with Gasteiger partial charge in [0.2, 0.25) is 0 Å². The Morgan fingerprint density at radius 1 is 1.20 bits per heavy atom. The first-order chi connectivity index (χ1) is 17.0. The highest BCUT2D eigenvalue weighted by atomic mass is 19.1. The number of aliphatic hydroxyl groups is 1. The number of hydrogen-bond donors (Lipinski definition) is 2. The SMILES string of the molecule is Cc1c(OC(=O)Nc2ccc(N3CCCN(CCO)CC3)c(C#N)c2)cnn1-c1ccc(F)cc1. The molecule has 0 unspecified atom stereocenters. The number of carbonyl (C=O) groups is 1.